The summed E-state index contributed by atoms with van der Waals surface area (Å²) in [5.41, 5.74) is 4.92. The number of carbonyl (C=O) groups excluding carboxylic acids is 2. The lowest BCUT2D eigenvalue weighted by Gasteiger charge is -2.14. The fourth-order valence-corrected chi connectivity index (χ4v) is 4.85. The summed E-state index contributed by atoms with van der Waals surface area (Å²) in [6, 6.07) is 25.5. The van der Waals surface area contributed by atoms with Gasteiger partial charge < -0.3 is 9.47 Å². The highest BCUT2D eigenvalue weighted by Crippen LogP contribution is 2.49. The minimum atomic E-state index is -0.559. The van der Waals surface area contributed by atoms with E-state index in [0.717, 1.165) is 52.2 Å². The number of benzene rings is 3. The molecule has 1 aliphatic rings. The molecule has 1 saturated carbocycles. The quantitative estimate of drug-likeness (QED) is 0.297. The van der Waals surface area contributed by atoms with Crippen LogP contribution in [-0.2, 0) is 19.7 Å². The zero-order chi connectivity index (χ0) is 25.1. The van der Waals surface area contributed by atoms with Crippen molar-refractivity contribution in [3.63, 3.8) is 0 Å². The van der Waals surface area contributed by atoms with E-state index < -0.39 is 11.5 Å². The van der Waals surface area contributed by atoms with Gasteiger partial charge in [0, 0.05) is 17.1 Å². The van der Waals surface area contributed by atoms with Crippen LogP contribution in [0.4, 0.5) is 9.80 Å². The molecule has 1 aromatic heterocycles. The molecule has 1 amide bonds. The first-order valence-corrected chi connectivity index (χ1v) is 12.4. The van der Waals surface area contributed by atoms with Crippen LogP contribution >= 0.6 is 11.5 Å². The van der Waals surface area contributed by atoms with Crippen molar-refractivity contribution < 1.29 is 19.1 Å². The molecule has 5 rings (SSSR count). The summed E-state index contributed by atoms with van der Waals surface area (Å²) in [4.78, 5) is 24.6. The molecular weight excluding hydrogens is 474 g/mol. The summed E-state index contributed by atoms with van der Waals surface area (Å²) in [5.74, 6) is -0.167. The number of amides is 1. The average molecular weight is 500 g/mol. The molecule has 1 unspecified atom stereocenters. The summed E-state index contributed by atoms with van der Waals surface area (Å²) in [6.45, 7) is 1.83. The number of nitrogens with zero attached hydrogens (tertiary/aromatic N) is 2. The maximum Gasteiger partial charge on any atom is 0.412 e. The molecule has 0 bridgehead atoms. The van der Waals surface area contributed by atoms with E-state index >= 15 is 0 Å². The topological polar surface area (TPSA) is 90.4 Å². The monoisotopic (exact) mass is 499 g/mol. The smallest absolute Gasteiger partial charge is 0.412 e. The third kappa shape index (κ3) is 4.72. The number of aromatic nitrogens is 2. The Balaban J connectivity index is 1.27. The van der Waals surface area contributed by atoms with Crippen molar-refractivity contribution in [2.75, 3.05) is 12.4 Å². The molecule has 3 aromatic carbocycles. The second-order valence-corrected chi connectivity index (χ2v) is 9.52. The van der Waals surface area contributed by atoms with Gasteiger partial charge in [0.05, 0.1) is 12.5 Å². The van der Waals surface area contributed by atoms with Crippen molar-refractivity contribution in [1.29, 1.82) is 0 Å². The lowest BCUT2D eigenvalue weighted by molar-refractivity contribution is -0.143. The average Bonchev–Trinajstić information content (AvgIpc) is 3.61. The number of methoxy groups -OCH3 is 1. The highest BCUT2D eigenvalue weighted by molar-refractivity contribution is 7.10. The first-order chi connectivity index (χ1) is 17.5. The van der Waals surface area contributed by atoms with Gasteiger partial charge in [0.1, 0.15) is 16.8 Å². The predicted octanol–water partition coefficient (Wildman–Crippen LogP) is 6.39. The van der Waals surface area contributed by atoms with E-state index in [4.69, 9.17) is 9.47 Å². The Labute approximate surface area is 213 Å². The summed E-state index contributed by atoms with van der Waals surface area (Å²) >= 11 is 1.10. The highest BCUT2D eigenvalue weighted by atomic mass is 32.1. The largest absolute Gasteiger partial charge is 0.468 e. The van der Waals surface area contributed by atoms with Gasteiger partial charge in [-0.25, -0.2) is 4.79 Å². The van der Waals surface area contributed by atoms with Gasteiger partial charge in [0.15, 0.2) is 0 Å². The standard InChI is InChI=1S/C28H25N3O4S/c1-18(19-6-4-3-5-7-19)35-27(33)29-25-24(30-31-36-25)22-10-8-20(9-11-22)21-12-14-23(15-13-21)28(16-17-28)26(32)34-2/h3-15,18H,16-17H2,1-2H3,(H,29,33). The molecule has 1 aliphatic carbocycles. The van der Waals surface area contributed by atoms with Crippen LogP contribution in [0.1, 0.15) is 37.0 Å². The van der Waals surface area contributed by atoms with Crippen LogP contribution in [0.3, 0.4) is 0 Å². The fraction of sp³-hybridized carbons (Fsp3) is 0.214. The third-order valence-corrected chi connectivity index (χ3v) is 7.15. The number of hydrogen-bond donors (Lipinski definition) is 1. The summed E-state index contributed by atoms with van der Waals surface area (Å²) in [6.07, 6.45) is 0.703. The molecule has 0 radical (unpaired) electrons. The molecule has 182 valence electrons. The van der Waals surface area contributed by atoms with Crippen LogP contribution in [0.15, 0.2) is 78.9 Å². The number of rotatable bonds is 7. The summed E-state index contributed by atoms with van der Waals surface area (Å²) in [5, 5.41) is 7.50. The molecular formula is C28H25N3O4S. The van der Waals surface area contributed by atoms with Crippen molar-refractivity contribution >= 4 is 28.6 Å². The first kappa shape index (κ1) is 23.7. The molecule has 1 atom stereocenters. The van der Waals surface area contributed by atoms with Gasteiger partial charge >= 0.3 is 12.1 Å². The molecule has 1 heterocycles. The zero-order valence-corrected chi connectivity index (χ0v) is 20.7. The lowest BCUT2D eigenvalue weighted by atomic mass is 9.93. The highest BCUT2D eigenvalue weighted by Gasteiger charge is 2.52. The second kappa shape index (κ2) is 9.91. The van der Waals surface area contributed by atoms with E-state index in [-0.39, 0.29) is 12.1 Å². The number of carbonyl (C=O) groups is 2. The van der Waals surface area contributed by atoms with Crippen molar-refractivity contribution in [3.05, 3.63) is 90.0 Å². The van der Waals surface area contributed by atoms with Gasteiger partial charge in [-0.3, -0.25) is 10.1 Å². The molecule has 0 saturated heterocycles. The summed E-state index contributed by atoms with van der Waals surface area (Å²) < 4.78 is 14.5. The van der Waals surface area contributed by atoms with Crippen molar-refractivity contribution in [2.24, 2.45) is 0 Å². The molecule has 4 aromatic rings. The third-order valence-electron chi connectivity index (χ3n) is 6.51. The van der Waals surface area contributed by atoms with Gasteiger partial charge in [-0.15, -0.1) is 5.10 Å². The van der Waals surface area contributed by atoms with Gasteiger partial charge in [0.25, 0.3) is 0 Å². The lowest BCUT2D eigenvalue weighted by Crippen LogP contribution is -2.21. The maximum atomic E-state index is 12.5. The predicted molar refractivity (Wildman–Crippen MR) is 139 cm³/mol. The van der Waals surface area contributed by atoms with Gasteiger partial charge in [-0.05, 0) is 42.0 Å². The molecule has 0 spiro atoms. The number of esters is 1. The van der Waals surface area contributed by atoms with E-state index in [1.807, 2.05) is 85.8 Å². The molecule has 1 fully saturated rings. The van der Waals surface area contributed by atoms with E-state index in [1.54, 1.807) is 0 Å². The van der Waals surface area contributed by atoms with Crippen molar-refractivity contribution in [3.8, 4) is 22.4 Å². The molecule has 36 heavy (non-hydrogen) atoms. The SMILES string of the molecule is COC(=O)C1(c2ccc(-c3ccc(-c4nnsc4NC(=O)OC(C)c4ccccc4)cc3)cc2)CC1. The Hall–Kier alpha value is -4.04. The van der Waals surface area contributed by atoms with Crippen LogP contribution in [0, 0.1) is 0 Å². The minimum Gasteiger partial charge on any atom is -0.468 e. The van der Waals surface area contributed by atoms with E-state index in [0.29, 0.717) is 10.7 Å². The maximum absolute atomic E-state index is 12.5. The Morgan fingerprint density at radius 1 is 0.917 bits per heavy atom. The molecule has 1 N–H and O–H groups in total. The van der Waals surface area contributed by atoms with Crippen molar-refractivity contribution in [2.45, 2.75) is 31.3 Å². The first-order valence-electron chi connectivity index (χ1n) is 11.6. The Morgan fingerprint density at radius 3 is 2.14 bits per heavy atom. The molecule has 8 heteroatoms. The Morgan fingerprint density at radius 2 is 1.53 bits per heavy atom. The van der Waals surface area contributed by atoms with E-state index in [1.165, 1.54) is 7.11 Å². The van der Waals surface area contributed by atoms with Gasteiger partial charge in [-0.1, -0.05) is 83.4 Å². The molecule has 0 aliphatic heterocycles. The normalized spacial score (nSPS) is 14.5. The van der Waals surface area contributed by atoms with Crippen LogP contribution in [0.25, 0.3) is 22.4 Å². The summed E-state index contributed by atoms with van der Waals surface area (Å²) in [7, 11) is 1.44. The number of nitrogens with one attached hydrogen (secondary N) is 1. The number of hydrogen-bond acceptors (Lipinski definition) is 7. The van der Waals surface area contributed by atoms with E-state index in [2.05, 4.69) is 14.9 Å². The fourth-order valence-electron chi connectivity index (χ4n) is 4.27. The van der Waals surface area contributed by atoms with Crippen LogP contribution in [0.5, 0.6) is 0 Å². The van der Waals surface area contributed by atoms with Crippen LogP contribution in [0.2, 0.25) is 0 Å². The minimum absolute atomic E-state index is 0.167. The Kier molecular flexibility index (Phi) is 6.52. The van der Waals surface area contributed by atoms with Crippen LogP contribution < -0.4 is 5.32 Å². The number of anilines is 1. The second-order valence-electron chi connectivity index (χ2n) is 8.76. The van der Waals surface area contributed by atoms with Gasteiger partial charge in [-0.2, -0.15) is 0 Å². The number of ether oxygens (including phenoxy) is 2. The van der Waals surface area contributed by atoms with Crippen LogP contribution in [-0.4, -0.2) is 28.8 Å². The molecule has 7 nitrogen and oxygen atoms in total. The zero-order valence-electron chi connectivity index (χ0n) is 19.9. The van der Waals surface area contributed by atoms with Crippen molar-refractivity contribution in [1.82, 2.24) is 9.59 Å². The Bertz CT molecular complexity index is 1360. The van der Waals surface area contributed by atoms with E-state index in [9.17, 15) is 9.59 Å². The van der Waals surface area contributed by atoms with Gasteiger partial charge in [0.2, 0.25) is 0 Å².